The Morgan fingerprint density at radius 1 is 1.24 bits per heavy atom. The van der Waals surface area contributed by atoms with Crippen LogP contribution in [0, 0.1) is 6.92 Å². The zero-order valence-electron chi connectivity index (χ0n) is 13.9. The fourth-order valence-electron chi connectivity index (χ4n) is 2.74. The van der Waals surface area contributed by atoms with Crippen molar-refractivity contribution in [1.29, 1.82) is 0 Å². The van der Waals surface area contributed by atoms with E-state index in [1.807, 2.05) is 31.2 Å². The molecule has 1 aliphatic rings. The summed E-state index contributed by atoms with van der Waals surface area (Å²) >= 11 is 0. The first-order valence-corrected chi connectivity index (χ1v) is 9.88. The SMILES string of the molecule is Cc1cccc(CNC(=O)c2ccc(NC3CCS(=O)(=O)C3)nn2)c1. The summed E-state index contributed by atoms with van der Waals surface area (Å²) in [5.41, 5.74) is 2.37. The first kappa shape index (κ1) is 17.3. The van der Waals surface area contributed by atoms with Gasteiger partial charge in [0.25, 0.3) is 5.91 Å². The fraction of sp³-hybridized carbons (Fsp3) is 0.353. The molecule has 0 bridgehead atoms. The van der Waals surface area contributed by atoms with Gasteiger partial charge in [-0.2, -0.15) is 0 Å². The summed E-state index contributed by atoms with van der Waals surface area (Å²) in [6.45, 7) is 2.42. The minimum Gasteiger partial charge on any atom is -0.365 e. The number of benzene rings is 1. The molecule has 1 aliphatic heterocycles. The summed E-state index contributed by atoms with van der Waals surface area (Å²) in [5, 5.41) is 13.7. The molecule has 0 saturated carbocycles. The van der Waals surface area contributed by atoms with Crippen LogP contribution in [-0.2, 0) is 16.4 Å². The van der Waals surface area contributed by atoms with Gasteiger partial charge in [0.05, 0.1) is 11.5 Å². The van der Waals surface area contributed by atoms with Crippen molar-refractivity contribution < 1.29 is 13.2 Å². The summed E-state index contributed by atoms with van der Waals surface area (Å²) < 4.78 is 22.9. The van der Waals surface area contributed by atoms with Crippen LogP contribution in [0.25, 0.3) is 0 Å². The molecule has 1 unspecified atom stereocenters. The second-order valence-electron chi connectivity index (χ2n) is 6.22. The van der Waals surface area contributed by atoms with Gasteiger partial charge in [0, 0.05) is 12.6 Å². The number of aromatic nitrogens is 2. The average Bonchev–Trinajstić information content (AvgIpc) is 2.92. The third kappa shape index (κ3) is 4.76. The molecule has 0 spiro atoms. The predicted octanol–water partition coefficient (Wildman–Crippen LogP) is 1.31. The minimum atomic E-state index is -2.95. The maximum Gasteiger partial charge on any atom is 0.272 e. The van der Waals surface area contributed by atoms with Crippen LogP contribution < -0.4 is 10.6 Å². The lowest BCUT2D eigenvalue weighted by molar-refractivity contribution is 0.0945. The number of aryl methyl sites for hydroxylation is 1. The Morgan fingerprint density at radius 3 is 2.72 bits per heavy atom. The van der Waals surface area contributed by atoms with Crippen molar-refractivity contribution in [2.75, 3.05) is 16.8 Å². The molecular weight excluding hydrogens is 340 g/mol. The number of amides is 1. The highest BCUT2D eigenvalue weighted by atomic mass is 32.2. The molecule has 132 valence electrons. The molecule has 2 aromatic rings. The van der Waals surface area contributed by atoms with Crippen molar-refractivity contribution in [2.45, 2.75) is 25.9 Å². The van der Waals surface area contributed by atoms with Gasteiger partial charge >= 0.3 is 0 Å². The molecule has 3 rings (SSSR count). The zero-order valence-corrected chi connectivity index (χ0v) is 14.7. The summed E-state index contributed by atoms with van der Waals surface area (Å²) in [4.78, 5) is 12.1. The second kappa shape index (κ2) is 7.18. The van der Waals surface area contributed by atoms with Crippen molar-refractivity contribution in [3.05, 3.63) is 53.2 Å². The van der Waals surface area contributed by atoms with Crippen LogP contribution in [0.15, 0.2) is 36.4 Å². The molecule has 1 aromatic heterocycles. The molecule has 0 radical (unpaired) electrons. The number of anilines is 1. The van der Waals surface area contributed by atoms with Crippen molar-refractivity contribution in [3.8, 4) is 0 Å². The summed E-state index contributed by atoms with van der Waals surface area (Å²) in [5.74, 6) is 0.464. The number of rotatable bonds is 5. The van der Waals surface area contributed by atoms with Gasteiger partial charge < -0.3 is 10.6 Å². The van der Waals surface area contributed by atoms with E-state index in [1.165, 1.54) is 0 Å². The fourth-order valence-corrected chi connectivity index (χ4v) is 4.42. The zero-order chi connectivity index (χ0) is 17.9. The standard InChI is InChI=1S/C17H20N4O3S/c1-12-3-2-4-13(9-12)10-18-17(22)15-5-6-16(21-20-15)19-14-7-8-25(23,24)11-14/h2-6,9,14H,7-8,10-11H2,1H3,(H,18,22)(H,19,21). The van der Waals surface area contributed by atoms with Crippen LogP contribution in [0.3, 0.4) is 0 Å². The molecule has 2 heterocycles. The lowest BCUT2D eigenvalue weighted by Gasteiger charge is -2.11. The van der Waals surface area contributed by atoms with Gasteiger partial charge in [-0.15, -0.1) is 10.2 Å². The minimum absolute atomic E-state index is 0.105. The van der Waals surface area contributed by atoms with Gasteiger partial charge in [-0.3, -0.25) is 4.79 Å². The molecular formula is C17H20N4O3S. The van der Waals surface area contributed by atoms with Crippen LogP contribution in [0.4, 0.5) is 5.82 Å². The maximum atomic E-state index is 12.1. The first-order valence-electron chi connectivity index (χ1n) is 8.06. The van der Waals surface area contributed by atoms with Crippen molar-refractivity contribution in [1.82, 2.24) is 15.5 Å². The van der Waals surface area contributed by atoms with E-state index in [9.17, 15) is 13.2 Å². The Morgan fingerprint density at radius 2 is 2.08 bits per heavy atom. The van der Waals surface area contributed by atoms with Crippen LogP contribution in [0.5, 0.6) is 0 Å². The smallest absolute Gasteiger partial charge is 0.272 e. The van der Waals surface area contributed by atoms with E-state index in [0.717, 1.165) is 11.1 Å². The van der Waals surface area contributed by atoms with Gasteiger partial charge in [0.2, 0.25) is 0 Å². The van der Waals surface area contributed by atoms with E-state index in [2.05, 4.69) is 20.8 Å². The molecule has 0 aliphatic carbocycles. The van der Waals surface area contributed by atoms with E-state index >= 15 is 0 Å². The molecule has 8 heteroatoms. The number of hydrogen-bond donors (Lipinski definition) is 2. The Kier molecular flexibility index (Phi) is 4.98. The van der Waals surface area contributed by atoms with Gasteiger partial charge in [0.1, 0.15) is 5.82 Å². The van der Waals surface area contributed by atoms with Crippen molar-refractivity contribution in [3.63, 3.8) is 0 Å². The molecule has 25 heavy (non-hydrogen) atoms. The Hall–Kier alpha value is -2.48. The largest absolute Gasteiger partial charge is 0.365 e. The van der Waals surface area contributed by atoms with E-state index in [0.29, 0.717) is 18.8 Å². The van der Waals surface area contributed by atoms with Gasteiger partial charge in [-0.05, 0) is 31.0 Å². The summed E-state index contributed by atoms with van der Waals surface area (Å²) in [6.07, 6.45) is 0.558. The topological polar surface area (TPSA) is 101 Å². The molecule has 1 atom stereocenters. The van der Waals surface area contributed by atoms with Crippen LogP contribution in [-0.4, -0.2) is 42.1 Å². The monoisotopic (exact) mass is 360 g/mol. The Balaban J connectivity index is 1.55. The summed E-state index contributed by atoms with van der Waals surface area (Å²) in [6, 6.07) is 11.0. The van der Waals surface area contributed by atoms with Gasteiger partial charge in [-0.25, -0.2) is 8.42 Å². The molecule has 2 N–H and O–H groups in total. The van der Waals surface area contributed by atoms with Crippen LogP contribution in [0.2, 0.25) is 0 Å². The van der Waals surface area contributed by atoms with Crippen molar-refractivity contribution in [2.24, 2.45) is 0 Å². The van der Waals surface area contributed by atoms with E-state index < -0.39 is 9.84 Å². The third-order valence-electron chi connectivity index (χ3n) is 4.02. The normalized spacial score (nSPS) is 18.7. The number of hydrogen-bond acceptors (Lipinski definition) is 6. The third-order valence-corrected chi connectivity index (χ3v) is 5.79. The van der Waals surface area contributed by atoms with Gasteiger partial charge in [-0.1, -0.05) is 29.8 Å². The number of nitrogens with one attached hydrogen (secondary N) is 2. The Labute approximate surface area is 146 Å². The average molecular weight is 360 g/mol. The van der Waals surface area contributed by atoms with E-state index in [4.69, 9.17) is 0 Å². The summed E-state index contributed by atoms with van der Waals surface area (Å²) in [7, 11) is -2.95. The quantitative estimate of drug-likeness (QED) is 0.834. The van der Waals surface area contributed by atoms with Crippen molar-refractivity contribution >= 4 is 21.6 Å². The number of sulfone groups is 1. The lowest BCUT2D eigenvalue weighted by atomic mass is 10.1. The molecule has 1 saturated heterocycles. The molecule has 1 aromatic carbocycles. The first-order chi connectivity index (χ1) is 11.9. The highest BCUT2D eigenvalue weighted by Crippen LogP contribution is 2.15. The van der Waals surface area contributed by atoms with Crippen LogP contribution >= 0.6 is 0 Å². The lowest BCUT2D eigenvalue weighted by Crippen LogP contribution is -2.25. The molecule has 7 nitrogen and oxygen atoms in total. The molecule has 1 fully saturated rings. The van der Waals surface area contributed by atoms with E-state index in [-0.39, 0.29) is 29.1 Å². The van der Waals surface area contributed by atoms with E-state index in [1.54, 1.807) is 12.1 Å². The Bertz CT molecular complexity index is 866. The predicted molar refractivity (Wildman–Crippen MR) is 95.1 cm³/mol. The van der Waals surface area contributed by atoms with Crippen LogP contribution in [0.1, 0.15) is 28.0 Å². The highest BCUT2D eigenvalue weighted by Gasteiger charge is 2.28. The number of carbonyl (C=O) groups is 1. The number of carbonyl (C=O) groups excluding carboxylic acids is 1. The maximum absolute atomic E-state index is 12.1. The highest BCUT2D eigenvalue weighted by molar-refractivity contribution is 7.91. The van der Waals surface area contributed by atoms with Gasteiger partial charge in [0.15, 0.2) is 15.5 Å². The molecule has 1 amide bonds. The second-order valence-corrected chi connectivity index (χ2v) is 8.45. The number of nitrogens with zero attached hydrogens (tertiary/aromatic N) is 2.